The molecule has 1 rings (SSSR count). The molecule has 1 unspecified atom stereocenters. The highest BCUT2D eigenvalue weighted by Crippen LogP contribution is 2.22. The molecule has 17 heavy (non-hydrogen) atoms. The van der Waals surface area contributed by atoms with Crippen molar-refractivity contribution in [2.45, 2.75) is 37.6 Å². The minimum atomic E-state index is 0.191. The zero-order valence-electron chi connectivity index (χ0n) is 10.5. The fourth-order valence-electron chi connectivity index (χ4n) is 1.65. The topological polar surface area (TPSA) is 38.0 Å². The van der Waals surface area contributed by atoms with Gasteiger partial charge in [-0.3, -0.25) is 11.3 Å². The monoisotopic (exact) mass is 248 g/mol. The summed E-state index contributed by atoms with van der Waals surface area (Å²) in [6.45, 7) is 4.02. The van der Waals surface area contributed by atoms with Crippen LogP contribution in [0.15, 0.2) is 29.2 Å². The number of rotatable bonds is 6. The van der Waals surface area contributed by atoms with Gasteiger partial charge in [-0.25, -0.2) is 0 Å². The van der Waals surface area contributed by atoms with E-state index in [0.717, 1.165) is 18.6 Å². The maximum Gasteiger partial charge on any atom is 0.0469 e. The number of nitrogens with two attached hydrogens (primary N) is 1. The van der Waals surface area contributed by atoms with Gasteiger partial charge in [0.15, 0.2) is 0 Å². The number of benzene rings is 1. The lowest BCUT2D eigenvalue weighted by atomic mass is 10.0. The van der Waals surface area contributed by atoms with Gasteiger partial charge in [0.1, 0.15) is 0 Å². The Morgan fingerprint density at radius 2 is 2.06 bits per heavy atom. The van der Waals surface area contributed by atoms with Crippen molar-refractivity contribution >= 4 is 11.8 Å². The van der Waals surface area contributed by atoms with Crippen LogP contribution in [-0.2, 0) is 0 Å². The molecule has 1 aromatic carbocycles. The van der Waals surface area contributed by atoms with Crippen molar-refractivity contribution in [3.8, 4) is 11.8 Å². The van der Waals surface area contributed by atoms with Crippen molar-refractivity contribution in [3.05, 3.63) is 29.8 Å². The van der Waals surface area contributed by atoms with E-state index in [1.54, 1.807) is 0 Å². The lowest BCUT2D eigenvalue weighted by Gasteiger charge is -2.15. The summed E-state index contributed by atoms with van der Waals surface area (Å²) in [6, 6.07) is 8.78. The molecule has 0 bridgehead atoms. The van der Waals surface area contributed by atoms with Gasteiger partial charge in [-0.05, 0) is 36.8 Å². The molecule has 1 aromatic rings. The van der Waals surface area contributed by atoms with Crippen LogP contribution in [0, 0.1) is 11.8 Å². The molecule has 0 saturated carbocycles. The zero-order chi connectivity index (χ0) is 12.5. The van der Waals surface area contributed by atoms with Gasteiger partial charge < -0.3 is 0 Å². The van der Waals surface area contributed by atoms with Gasteiger partial charge in [0.2, 0.25) is 0 Å². The van der Waals surface area contributed by atoms with E-state index in [4.69, 9.17) is 5.84 Å². The van der Waals surface area contributed by atoms with Gasteiger partial charge in [0.05, 0.1) is 0 Å². The van der Waals surface area contributed by atoms with Gasteiger partial charge in [-0.1, -0.05) is 19.1 Å². The van der Waals surface area contributed by atoms with Crippen molar-refractivity contribution in [1.82, 2.24) is 5.43 Å². The second-order valence-electron chi connectivity index (χ2n) is 3.69. The van der Waals surface area contributed by atoms with Gasteiger partial charge in [-0.2, -0.15) is 0 Å². The SMILES string of the molecule is CC#CCCC(NN)c1ccc(SCC)cc1. The lowest BCUT2D eigenvalue weighted by molar-refractivity contribution is 0.523. The summed E-state index contributed by atoms with van der Waals surface area (Å²) in [5.41, 5.74) is 4.08. The summed E-state index contributed by atoms with van der Waals surface area (Å²) >= 11 is 1.85. The van der Waals surface area contributed by atoms with Gasteiger partial charge in [0.25, 0.3) is 0 Å². The van der Waals surface area contributed by atoms with Crippen LogP contribution in [0.4, 0.5) is 0 Å². The molecule has 0 aliphatic heterocycles. The van der Waals surface area contributed by atoms with Crippen LogP contribution in [0.5, 0.6) is 0 Å². The molecule has 1 atom stereocenters. The summed E-state index contributed by atoms with van der Waals surface area (Å²) in [4.78, 5) is 1.31. The Labute approximate surface area is 108 Å². The highest BCUT2D eigenvalue weighted by atomic mass is 32.2. The van der Waals surface area contributed by atoms with E-state index in [-0.39, 0.29) is 6.04 Å². The molecule has 2 nitrogen and oxygen atoms in total. The third-order valence-corrected chi connectivity index (χ3v) is 3.42. The third kappa shape index (κ3) is 4.82. The number of hydrazine groups is 1. The first-order chi connectivity index (χ1) is 8.31. The summed E-state index contributed by atoms with van der Waals surface area (Å²) < 4.78 is 0. The maximum atomic E-state index is 5.58. The van der Waals surface area contributed by atoms with E-state index in [2.05, 4.69) is 48.5 Å². The molecule has 0 spiro atoms. The molecule has 0 aliphatic carbocycles. The Hall–Kier alpha value is -0.950. The quantitative estimate of drug-likeness (QED) is 0.351. The first kappa shape index (κ1) is 14.1. The van der Waals surface area contributed by atoms with Gasteiger partial charge in [-0.15, -0.1) is 23.6 Å². The zero-order valence-corrected chi connectivity index (χ0v) is 11.3. The Morgan fingerprint density at radius 1 is 1.35 bits per heavy atom. The predicted molar refractivity (Wildman–Crippen MR) is 75.6 cm³/mol. The lowest BCUT2D eigenvalue weighted by Crippen LogP contribution is -2.27. The number of nitrogens with one attached hydrogen (secondary N) is 1. The van der Waals surface area contributed by atoms with Gasteiger partial charge in [0, 0.05) is 17.4 Å². The van der Waals surface area contributed by atoms with Crippen LogP contribution in [0.25, 0.3) is 0 Å². The van der Waals surface area contributed by atoms with Crippen molar-refractivity contribution in [2.24, 2.45) is 5.84 Å². The van der Waals surface area contributed by atoms with Crippen LogP contribution in [0.1, 0.15) is 38.3 Å². The molecule has 0 aliphatic rings. The highest BCUT2D eigenvalue weighted by molar-refractivity contribution is 7.99. The van der Waals surface area contributed by atoms with Crippen molar-refractivity contribution in [1.29, 1.82) is 0 Å². The maximum absolute atomic E-state index is 5.58. The minimum Gasteiger partial charge on any atom is -0.271 e. The molecule has 0 saturated heterocycles. The molecule has 92 valence electrons. The summed E-state index contributed by atoms with van der Waals surface area (Å²) in [5.74, 6) is 12.6. The van der Waals surface area contributed by atoms with Crippen LogP contribution >= 0.6 is 11.8 Å². The highest BCUT2D eigenvalue weighted by Gasteiger charge is 2.08. The molecule has 0 amide bonds. The normalized spacial score (nSPS) is 11.7. The van der Waals surface area contributed by atoms with E-state index in [0.29, 0.717) is 0 Å². The first-order valence-corrected chi connectivity index (χ1v) is 6.88. The third-order valence-electron chi connectivity index (χ3n) is 2.53. The molecule has 3 N–H and O–H groups in total. The van der Waals surface area contributed by atoms with Crippen LogP contribution in [0.3, 0.4) is 0 Å². The Bertz CT molecular complexity index is 375. The standard InChI is InChI=1S/C14H20N2S/c1-3-5-6-7-14(16-15)12-8-10-13(11-9-12)17-4-2/h8-11,14,16H,4,6-7,15H2,1-2H3. The smallest absolute Gasteiger partial charge is 0.0469 e. The van der Waals surface area contributed by atoms with Gasteiger partial charge >= 0.3 is 0 Å². The molecular weight excluding hydrogens is 228 g/mol. The fraction of sp³-hybridized carbons (Fsp3) is 0.429. The molecule has 3 heteroatoms. The largest absolute Gasteiger partial charge is 0.271 e. The Kier molecular flexibility index (Phi) is 6.80. The predicted octanol–water partition coefficient (Wildman–Crippen LogP) is 3.11. The number of hydrogen-bond acceptors (Lipinski definition) is 3. The van der Waals surface area contributed by atoms with E-state index in [1.165, 1.54) is 10.5 Å². The summed E-state index contributed by atoms with van der Waals surface area (Å²) in [7, 11) is 0. The molecular formula is C14H20N2S. The first-order valence-electron chi connectivity index (χ1n) is 5.90. The van der Waals surface area contributed by atoms with Crippen molar-refractivity contribution in [3.63, 3.8) is 0 Å². The van der Waals surface area contributed by atoms with Crippen molar-refractivity contribution in [2.75, 3.05) is 5.75 Å². The van der Waals surface area contributed by atoms with Crippen LogP contribution < -0.4 is 11.3 Å². The number of thioether (sulfide) groups is 1. The second kappa shape index (κ2) is 8.19. The summed E-state index contributed by atoms with van der Waals surface area (Å²) in [6.07, 6.45) is 1.81. The Morgan fingerprint density at radius 3 is 2.59 bits per heavy atom. The van der Waals surface area contributed by atoms with E-state index >= 15 is 0 Å². The molecule has 0 radical (unpaired) electrons. The second-order valence-corrected chi connectivity index (χ2v) is 5.02. The molecule has 0 aromatic heterocycles. The Balaban J connectivity index is 2.63. The van der Waals surface area contributed by atoms with Crippen LogP contribution in [0.2, 0.25) is 0 Å². The molecule has 0 heterocycles. The van der Waals surface area contributed by atoms with Crippen LogP contribution in [-0.4, -0.2) is 5.75 Å². The average molecular weight is 248 g/mol. The summed E-state index contributed by atoms with van der Waals surface area (Å²) in [5, 5.41) is 0. The molecule has 0 fully saturated rings. The fourth-order valence-corrected chi connectivity index (χ4v) is 2.31. The van der Waals surface area contributed by atoms with Crippen molar-refractivity contribution < 1.29 is 0 Å². The van der Waals surface area contributed by atoms with E-state index in [9.17, 15) is 0 Å². The van der Waals surface area contributed by atoms with E-state index < -0.39 is 0 Å². The average Bonchev–Trinajstić information content (AvgIpc) is 2.36. The minimum absolute atomic E-state index is 0.191. The van der Waals surface area contributed by atoms with E-state index in [1.807, 2.05) is 18.7 Å². The number of hydrogen-bond donors (Lipinski definition) is 2.